The second-order valence-electron chi connectivity index (χ2n) is 8.16. The number of hydrogen-bond donors (Lipinski definition) is 1. The zero-order chi connectivity index (χ0) is 22.1. The van der Waals surface area contributed by atoms with Crippen molar-refractivity contribution >= 4 is 5.91 Å². The van der Waals surface area contributed by atoms with E-state index < -0.39 is 0 Å². The smallest absolute Gasteiger partial charge is 0.258 e. The third-order valence-corrected chi connectivity index (χ3v) is 4.94. The molecule has 3 aromatic carbocycles. The van der Waals surface area contributed by atoms with Gasteiger partial charge in [0.25, 0.3) is 5.91 Å². The van der Waals surface area contributed by atoms with Crippen LogP contribution in [0.3, 0.4) is 0 Å². The van der Waals surface area contributed by atoms with Crippen molar-refractivity contribution in [3.8, 4) is 11.5 Å². The molecule has 0 unspecified atom stereocenters. The molecule has 3 aromatic rings. The maximum atomic E-state index is 12.3. The highest BCUT2D eigenvalue weighted by molar-refractivity contribution is 5.78. The lowest BCUT2D eigenvalue weighted by atomic mass is 10.00. The predicted molar refractivity (Wildman–Crippen MR) is 124 cm³/mol. The van der Waals surface area contributed by atoms with E-state index >= 15 is 0 Å². The molecule has 3 rings (SSSR count). The molecule has 1 amide bonds. The molecule has 0 fully saturated rings. The maximum absolute atomic E-state index is 12.3. The fourth-order valence-electron chi connectivity index (χ4n) is 3.30. The largest absolute Gasteiger partial charge is 0.489 e. The third-order valence-electron chi connectivity index (χ3n) is 4.94. The lowest BCUT2D eigenvalue weighted by molar-refractivity contribution is -0.123. The molecule has 0 aliphatic carbocycles. The lowest BCUT2D eigenvalue weighted by Gasteiger charge is -2.16. The maximum Gasteiger partial charge on any atom is 0.258 e. The van der Waals surface area contributed by atoms with Gasteiger partial charge in [0.05, 0.1) is 6.04 Å². The molecule has 0 aliphatic heterocycles. The Balaban J connectivity index is 1.42. The van der Waals surface area contributed by atoms with E-state index in [2.05, 4.69) is 43.4 Å². The van der Waals surface area contributed by atoms with Gasteiger partial charge in [-0.25, -0.2) is 0 Å². The summed E-state index contributed by atoms with van der Waals surface area (Å²) in [5.74, 6) is 1.87. The van der Waals surface area contributed by atoms with E-state index in [4.69, 9.17) is 9.47 Å². The monoisotopic (exact) mass is 417 g/mol. The Labute approximate surface area is 185 Å². The van der Waals surface area contributed by atoms with Crippen molar-refractivity contribution in [1.29, 1.82) is 0 Å². The van der Waals surface area contributed by atoms with Crippen LogP contribution in [0.15, 0.2) is 78.9 Å². The Morgan fingerprint density at radius 2 is 1.39 bits per heavy atom. The molecule has 4 heteroatoms. The van der Waals surface area contributed by atoms with Gasteiger partial charge in [-0.05, 0) is 60.2 Å². The fraction of sp³-hybridized carbons (Fsp3) is 0.296. The number of nitrogens with one attached hydrogen (secondary N) is 1. The van der Waals surface area contributed by atoms with Crippen LogP contribution >= 0.6 is 0 Å². The van der Waals surface area contributed by atoms with Gasteiger partial charge in [-0.3, -0.25) is 4.79 Å². The van der Waals surface area contributed by atoms with Gasteiger partial charge in [-0.2, -0.15) is 0 Å². The molecule has 0 saturated carbocycles. The second-order valence-corrected chi connectivity index (χ2v) is 8.16. The summed E-state index contributed by atoms with van der Waals surface area (Å²) in [5.41, 5.74) is 3.51. The quantitative estimate of drug-likeness (QED) is 0.459. The normalized spacial score (nSPS) is 11.7. The van der Waals surface area contributed by atoms with Crippen molar-refractivity contribution in [3.63, 3.8) is 0 Å². The minimum atomic E-state index is -0.150. The molecular weight excluding hydrogens is 386 g/mol. The highest BCUT2D eigenvalue weighted by Crippen LogP contribution is 2.19. The van der Waals surface area contributed by atoms with Crippen LogP contribution in [0.1, 0.15) is 43.5 Å². The van der Waals surface area contributed by atoms with E-state index in [0.29, 0.717) is 18.3 Å². The summed E-state index contributed by atoms with van der Waals surface area (Å²) in [7, 11) is 0. The average molecular weight is 418 g/mol. The topological polar surface area (TPSA) is 47.6 Å². The van der Waals surface area contributed by atoms with E-state index in [1.54, 1.807) is 0 Å². The van der Waals surface area contributed by atoms with E-state index in [-0.39, 0.29) is 18.6 Å². The molecule has 4 nitrogen and oxygen atoms in total. The molecule has 0 bridgehead atoms. The molecule has 0 aliphatic rings. The molecule has 0 radical (unpaired) electrons. The molecule has 1 N–H and O–H groups in total. The summed E-state index contributed by atoms with van der Waals surface area (Å²) >= 11 is 0. The molecule has 1 atom stereocenters. The molecule has 162 valence electrons. The van der Waals surface area contributed by atoms with Crippen molar-refractivity contribution < 1.29 is 14.3 Å². The van der Waals surface area contributed by atoms with Crippen LogP contribution in [-0.2, 0) is 17.8 Å². The van der Waals surface area contributed by atoms with Crippen LogP contribution in [0, 0.1) is 5.92 Å². The Morgan fingerprint density at radius 1 is 0.774 bits per heavy atom. The van der Waals surface area contributed by atoms with Crippen LogP contribution in [0.2, 0.25) is 0 Å². The number of benzene rings is 3. The standard InChI is InChI=1S/C27H31NO3/c1-20(2)17-22-9-11-24(12-10-22)21(3)28-27(29)19-31-26-15-13-25(14-16-26)30-18-23-7-5-4-6-8-23/h4-16,20-21H,17-19H2,1-3H3,(H,28,29)/t21-/m0/s1. The van der Waals surface area contributed by atoms with Crippen molar-refractivity contribution in [3.05, 3.63) is 95.6 Å². The van der Waals surface area contributed by atoms with E-state index in [1.165, 1.54) is 5.56 Å². The minimum absolute atomic E-state index is 0.0278. The first-order valence-corrected chi connectivity index (χ1v) is 10.8. The highest BCUT2D eigenvalue weighted by atomic mass is 16.5. The van der Waals surface area contributed by atoms with Gasteiger partial charge in [0.1, 0.15) is 18.1 Å². The van der Waals surface area contributed by atoms with Crippen LogP contribution in [0.4, 0.5) is 0 Å². The lowest BCUT2D eigenvalue weighted by Crippen LogP contribution is -2.31. The number of ether oxygens (including phenoxy) is 2. The van der Waals surface area contributed by atoms with Crippen molar-refractivity contribution in [2.75, 3.05) is 6.61 Å². The summed E-state index contributed by atoms with van der Waals surface area (Å²) in [6.45, 7) is 6.89. The average Bonchev–Trinajstić information content (AvgIpc) is 2.78. The van der Waals surface area contributed by atoms with Gasteiger partial charge in [-0.1, -0.05) is 68.4 Å². The van der Waals surface area contributed by atoms with Gasteiger partial charge < -0.3 is 14.8 Å². The Morgan fingerprint density at radius 3 is 2.00 bits per heavy atom. The zero-order valence-electron chi connectivity index (χ0n) is 18.5. The second kappa shape index (κ2) is 11.2. The third kappa shape index (κ3) is 7.49. The van der Waals surface area contributed by atoms with Gasteiger partial charge in [0.15, 0.2) is 6.61 Å². The highest BCUT2D eigenvalue weighted by Gasteiger charge is 2.10. The molecule has 0 spiro atoms. The molecule has 0 aromatic heterocycles. The van der Waals surface area contributed by atoms with Crippen molar-refractivity contribution in [1.82, 2.24) is 5.32 Å². The summed E-state index contributed by atoms with van der Waals surface area (Å²) in [5, 5.41) is 2.99. The van der Waals surface area contributed by atoms with Gasteiger partial charge >= 0.3 is 0 Å². The Kier molecular flexibility index (Phi) is 8.11. The molecular formula is C27H31NO3. The van der Waals surface area contributed by atoms with Crippen LogP contribution in [0.25, 0.3) is 0 Å². The summed E-state index contributed by atoms with van der Waals surface area (Å²) in [4.78, 5) is 12.3. The number of hydrogen-bond acceptors (Lipinski definition) is 3. The molecule has 0 saturated heterocycles. The van der Waals surface area contributed by atoms with Gasteiger partial charge in [-0.15, -0.1) is 0 Å². The Hall–Kier alpha value is -3.27. The number of rotatable bonds is 10. The number of carbonyl (C=O) groups is 1. The van der Waals surface area contributed by atoms with Crippen molar-refractivity contribution in [2.45, 2.75) is 39.8 Å². The minimum Gasteiger partial charge on any atom is -0.489 e. The zero-order valence-corrected chi connectivity index (χ0v) is 18.5. The summed E-state index contributed by atoms with van der Waals surface area (Å²) in [6, 6.07) is 25.7. The first kappa shape index (κ1) is 22.4. The van der Waals surface area contributed by atoms with Crippen LogP contribution < -0.4 is 14.8 Å². The first-order chi connectivity index (χ1) is 15.0. The fourth-order valence-corrected chi connectivity index (χ4v) is 3.30. The SMILES string of the molecule is CC(C)Cc1ccc([C@H](C)NC(=O)COc2ccc(OCc3ccccc3)cc2)cc1. The summed E-state index contributed by atoms with van der Waals surface area (Å²) < 4.78 is 11.4. The van der Waals surface area contributed by atoms with Gasteiger partial charge in [0.2, 0.25) is 0 Å². The van der Waals surface area contributed by atoms with Gasteiger partial charge in [0, 0.05) is 0 Å². The first-order valence-electron chi connectivity index (χ1n) is 10.8. The van der Waals surface area contributed by atoms with Crippen LogP contribution in [-0.4, -0.2) is 12.5 Å². The van der Waals surface area contributed by atoms with Crippen molar-refractivity contribution in [2.24, 2.45) is 5.92 Å². The van der Waals surface area contributed by atoms with E-state index in [1.807, 2.05) is 61.5 Å². The Bertz CT molecular complexity index is 934. The predicted octanol–water partition coefficient (Wildman–Crippen LogP) is 5.72. The molecule has 31 heavy (non-hydrogen) atoms. The molecule has 0 heterocycles. The number of carbonyl (C=O) groups excluding carboxylic acids is 1. The number of amides is 1. The summed E-state index contributed by atoms with van der Waals surface area (Å²) in [6.07, 6.45) is 1.06. The van der Waals surface area contributed by atoms with E-state index in [0.717, 1.165) is 23.3 Å². The van der Waals surface area contributed by atoms with Crippen LogP contribution in [0.5, 0.6) is 11.5 Å². The van der Waals surface area contributed by atoms with E-state index in [9.17, 15) is 4.79 Å².